The Kier molecular flexibility index (Phi) is 6.63. The van der Waals surface area contributed by atoms with Gasteiger partial charge in [-0.05, 0) is 37.1 Å². The lowest BCUT2D eigenvalue weighted by Gasteiger charge is -2.26. The fraction of sp³-hybridized carbons (Fsp3) is 0.316. The van der Waals surface area contributed by atoms with Crippen LogP contribution in [-0.2, 0) is 4.79 Å². The minimum absolute atomic E-state index is 0. The molecule has 2 aromatic rings. The SMILES string of the molecule is Cl.O=C(NC(c1ccccc1)c1ccccc1)C1CCNCC1. The molecule has 0 aromatic heterocycles. The molecule has 3 rings (SSSR count). The Hall–Kier alpha value is -1.84. The standard InChI is InChI=1S/C19H22N2O.ClH/c22-19(17-11-13-20-14-12-17)21-18(15-7-3-1-4-8-15)16-9-5-2-6-10-16;/h1-10,17-18,20H,11-14H2,(H,21,22);1H. The van der Waals surface area contributed by atoms with Crippen molar-refractivity contribution in [1.29, 1.82) is 0 Å². The fourth-order valence-electron chi connectivity index (χ4n) is 2.99. The van der Waals surface area contributed by atoms with Crippen LogP contribution in [0.3, 0.4) is 0 Å². The molecule has 0 spiro atoms. The van der Waals surface area contributed by atoms with Crippen molar-refractivity contribution < 1.29 is 4.79 Å². The minimum Gasteiger partial charge on any atom is -0.345 e. The van der Waals surface area contributed by atoms with Crippen molar-refractivity contribution in [3.63, 3.8) is 0 Å². The van der Waals surface area contributed by atoms with Crippen LogP contribution in [0, 0.1) is 5.92 Å². The zero-order valence-electron chi connectivity index (χ0n) is 13.1. The van der Waals surface area contributed by atoms with Crippen LogP contribution in [-0.4, -0.2) is 19.0 Å². The monoisotopic (exact) mass is 330 g/mol. The molecule has 0 radical (unpaired) electrons. The highest BCUT2D eigenvalue weighted by Crippen LogP contribution is 2.23. The van der Waals surface area contributed by atoms with Crippen molar-refractivity contribution in [3.8, 4) is 0 Å². The minimum atomic E-state index is -0.0789. The molecule has 1 aliphatic heterocycles. The predicted molar refractivity (Wildman–Crippen MR) is 95.7 cm³/mol. The van der Waals surface area contributed by atoms with Crippen LogP contribution < -0.4 is 10.6 Å². The summed E-state index contributed by atoms with van der Waals surface area (Å²) in [5.41, 5.74) is 2.24. The van der Waals surface area contributed by atoms with Crippen molar-refractivity contribution in [2.75, 3.05) is 13.1 Å². The molecule has 2 N–H and O–H groups in total. The average molecular weight is 331 g/mol. The summed E-state index contributed by atoms with van der Waals surface area (Å²) in [5.74, 6) is 0.287. The van der Waals surface area contributed by atoms with Crippen LogP contribution in [0.4, 0.5) is 0 Å². The van der Waals surface area contributed by atoms with Gasteiger partial charge in [0.1, 0.15) is 0 Å². The van der Waals surface area contributed by atoms with Gasteiger partial charge in [-0.25, -0.2) is 0 Å². The molecular weight excluding hydrogens is 308 g/mol. The highest BCUT2D eigenvalue weighted by molar-refractivity contribution is 5.85. The largest absolute Gasteiger partial charge is 0.345 e. The molecule has 23 heavy (non-hydrogen) atoms. The normalized spacial score (nSPS) is 15.0. The first-order chi connectivity index (χ1) is 10.8. The Balaban J connectivity index is 0.00000192. The summed E-state index contributed by atoms with van der Waals surface area (Å²) >= 11 is 0. The summed E-state index contributed by atoms with van der Waals surface area (Å²) in [5, 5.41) is 6.56. The number of hydrogen-bond donors (Lipinski definition) is 2. The maximum Gasteiger partial charge on any atom is 0.223 e. The molecule has 122 valence electrons. The number of benzene rings is 2. The van der Waals surface area contributed by atoms with E-state index in [0.29, 0.717) is 0 Å². The number of carbonyl (C=O) groups excluding carboxylic acids is 1. The van der Waals surface area contributed by atoms with E-state index in [1.54, 1.807) is 0 Å². The molecule has 3 nitrogen and oxygen atoms in total. The summed E-state index contributed by atoms with van der Waals surface area (Å²) < 4.78 is 0. The van der Waals surface area contributed by atoms with Crippen LogP contribution >= 0.6 is 12.4 Å². The quantitative estimate of drug-likeness (QED) is 0.903. The van der Waals surface area contributed by atoms with Gasteiger partial charge in [0.25, 0.3) is 0 Å². The summed E-state index contributed by atoms with van der Waals surface area (Å²) in [6.45, 7) is 1.86. The molecule has 0 saturated carbocycles. The van der Waals surface area contributed by atoms with E-state index in [1.165, 1.54) is 0 Å². The molecule has 0 aliphatic carbocycles. The van der Waals surface area contributed by atoms with Crippen LogP contribution in [0.5, 0.6) is 0 Å². The van der Waals surface area contributed by atoms with Crippen molar-refractivity contribution in [1.82, 2.24) is 10.6 Å². The average Bonchev–Trinajstić information content (AvgIpc) is 2.62. The Labute approximate surface area is 143 Å². The van der Waals surface area contributed by atoms with Gasteiger partial charge >= 0.3 is 0 Å². The number of carbonyl (C=O) groups is 1. The number of amides is 1. The number of hydrogen-bond acceptors (Lipinski definition) is 2. The molecule has 1 aliphatic rings. The van der Waals surface area contributed by atoms with E-state index in [4.69, 9.17) is 0 Å². The number of piperidine rings is 1. The van der Waals surface area contributed by atoms with E-state index >= 15 is 0 Å². The second kappa shape index (κ2) is 8.70. The molecule has 1 heterocycles. The zero-order chi connectivity index (χ0) is 15.2. The molecule has 0 bridgehead atoms. The van der Waals surface area contributed by atoms with Gasteiger partial charge in [0.15, 0.2) is 0 Å². The second-order valence-electron chi connectivity index (χ2n) is 5.79. The highest BCUT2D eigenvalue weighted by Gasteiger charge is 2.24. The van der Waals surface area contributed by atoms with Gasteiger partial charge in [-0.3, -0.25) is 4.79 Å². The predicted octanol–water partition coefficient (Wildman–Crippen LogP) is 3.31. The Bertz CT molecular complexity index is 558. The lowest BCUT2D eigenvalue weighted by atomic mass is 9.94. The van der Waals surface area contributed by atoms with E-state index < -0.39 is 0 Å². The van der Waals surface area contributed by atoms with E-state index in [9.17, 15) is 4.79 Å². The smallest absolute Gasteiger partial charge is 0.223 e. The van der Waals surface area contributed by atoms with Gasteiger partial charge < -0.3 is 10.6 Å². The van der Waals surface area contributed by atoms with Gasteiger partial charge in [0, 0.05) is 5.92 Å². The lowest BCUT2D eigenvalue weighted by Crippen LogP contribution is -2.39. The molecule has 2 aromatic carbocycles. The second-order valence-corrected chi connectivity index (χ2v) is 5.79. The molecule has 0 atom stereocenters. The summed E-state index contributed by atoms with van der Waals surface area (Å²) in [6.07, 6.45) is 1.84. The van der Waals surface area contributed by atoms with Gasteiger partial charge in [-0.1, -0.05) is 60.7 Å². The third kappa shape index (κ3) is 4.57. The third-order valence-electron chi connectivity index (χ3n) is 4.26. The first-order valence-electron chi connectivity index (χ1n) is 7.95. The Morgan fingerprint density at radius 2 is 1.39 bits per heavy atom. The van der Waals surface area contributed by atoms with Crippen molar-refractivity contribution >= 4 is 18.3 Å². The highest BCUT2D eigenvalue weighted by atomic mass is 35.5. The molecule has 1 amide bonds. The Morgan fingerprint density at radius 3 is 1.87 bits per heavy atom. The van der Waals surface area contributed by atoms with Crippen molar-refractivity contribution in [2.24, 2.45) is 5.92 Å². The zero-order valence-corrected chi connectivity index (χ0v) is 13.9. The van der Waals surface area contributed by atoms with Crippen molar-refractivity contribution in [3.05, 3.63) is 71.8 Å². The van der Waals surface area contributed by atoms with E-state index in [2.05, 4.69) is 34.9 Å². The van der Waals surface area contributed by atoms with Crippen molar-refractivity contribution in [2.45, 2.75) is 18.9 Å². The van der Waals surface area contributed by atoms with Gasteiger partial charge in [0.2, 0.25) is 5.91 Å². The topological polar surface area (TPSA) is 41.1 Å². The summed E-state index contributed by atoms with van der Waals surface area (Å²) in [7, 11) is 0. The van der Waals surface area contributed by atoms with Crippen LogP contribution in [0.25, 0.3) is 0 Å². The molecule has 1 saturated heterocycles. The van der Waals surface area contributed by atoms with Crippen LogP contribution in [0.15, 0.2) is 60.7 Å². The van der Waals surface area contributed by atoms with E-state index in [-0.39, 0.29) is 30.3 Å². The van der Waals surface area contributed by atoms with Crippen LogP contribution in [0.2, 0.25) is 0 Å². The molecular formula is C19H23ClN2O. The van der Waals surface area contributed by atoms with Gasteiger partial charge in [-0.2, -0.15) is 0 Å². The Morgan fingerprint density at radius 1 is 0.913 bits per heavy atom. The first kappa shape index (κ1) is 17.5. The first-order valence-corrected chi connectivity index (χ1v) is 7.95. The number of halogens is 1. The van der Waals surface area contributed by atoms with E-state index in [1.807, 2.05) is 36.4 Å². The third-order valence-corrected chi connectivity index (χ3v) is 4.26. The summed E-state index contributed by atoms with van der Waals surface area (Å²) in [6, 6.07) is 20.3. The maximum atomic E-state index is 12.6. The molecule has 0 unspecified atom stereocenters. The lowest BCUT2D eigenvalue weighted by molar-refractivity contribution is -0.126. The molecule has 4 heteroatoms. The summed E-state index contributed by atoms with van der Waals surface area (Å²) in [4.78, 5) is 12.6. The fourth-order valence-corrected chi connectivity index (χ4v) is 2.99. The van der Waals surface area contributed by atoms with Crippen LogP contribution in [0.1, 0.15) is 30.0 Å². The van der Waals surface area contributed by atoms with Gasteiger partial charge in [-0.15, -0.1) is 12.4 Å². The van der Waals surface area contributed by atoms with E-state index in [0.717, 1.165) is 37.1 Å². The van der Waals surface area contributed by atoms with Gasteiger partial charge in [0.05, 0.1) is 6.04 Å². The molecule has 1 fully saturated rings. The number of nitrogens with one attached hydrogen (secondary N) is 2. The number of rotatable bonds is 4. The maximum absolute atomic E-state index is 12.6.